The number of aromatic nitrogens is 1. The van der Waals surface area contributed by atoms with E-state index in [1.54, 1.807) is 7.05 Å². The van der Waals surface area contributed by atoms with Crippen molar-refractivity contribution >= 4 is 28.2 Å². The maximum absolute atomic E-state index is 12.1. The maximum atomic E-state index is 12.1. The summed E-state index contributed by atoms with van der Waals surface area (Å²) < 4.78 is 6.95. The molecular weight excluding hydrogens is 388 g/mol. The number of ether oxygens (including phenoxy) is 1. The first-order valence-electron chi connectivity index (χ1n) is 9.32. The van der Waals surface area contributed by atoms with Gasteiger partial charge in [0.05, 0.1) is 10.4 Å². The summed E-state index contributed by atoms with van der Waals surface area (Å²) in [6.45, 7) is 5.76. The van der Waals surface area contributed by atoms with Crippen LogP contribution >= 0.6 is 0 Å². The Labute approximate surface area is 172 Å². The molecular formula is C21H22N4O5. The average molecular weight is 410 g/mol. The molecule has 0 atom stereocenters. The number of hydrogen-bond acceptors (Lipinski definition) is 6. The van der Waals surface area contributed by atoms with Crippen molar-refractivity contribution in [2.45, 2.75) is 26.7 Å². The Morgan fingerprint density at radius 2 is 2.00 bits per heavy atom. The summed E-state index contributed by atoms with van der Waals surface area (Å²) in [6, 6.07) is 9.87. The lowest BCUT2D eigenvalue weighted by molar-refractivity contribution is -0.384. The molecule has 0 aliphatic rings. The fraction of sp³-hybridized carbons (Fsp3) is 0.286. The summed E-state index contributed by atoms with van der Waals surface area (Å²) in [4.78, 5) is 22.6. The molecule has 0 aliphatic carbocycles. The van der Waals surface area contributed by atoms with Gasteiger partial charge in [0.15, 0.2) is 12.3 Å². The molecule has 3 aromatic rings. The first-order valence-corrected chi connectivity index (χ1v) is 9.32. The van der Waals surface area contributed by atoms with E-state index in [-0.39, 0.29) is 23.9 Å². The number of hydrogen-bond donors (Lipinski definition) is 1. The maximum Gasteiger partial charge on any atom is 0.302 e. The molecule has 0 saturated carbocycles. The van der Waals surface area contributed by atoms with E-state index in [0.717, 1.165) is 5.56 Å². The molecule has 0 aliphatic heterocycles. The zero-order chi connectivity index (χ0) is 22.0. The highest BCUT2D eigenvalue weighted by molar-refractivity contribution is 5.96. The van der Waals surface area contributed by atoms with Crippen molar-refractivity contribution in [1.29, 1.82) is 0 Å². The molecule has 0 fully saturated rings. The van der Waals surface area contributed by atoms with Crippen LogP contribution in [0.15, 0.2) is 46.6 Å². The van der Waals surface area contributed by atoms with Gasteiger partial charge in [0.1, 0.15) is 5.75 Å². The number of azo groups is 1. The average Bonchev–Trinajstić information content (AvgIpc) is 2.94. The monoisotopic (exact) mass is 410 g/mol. The zero-order valence-electron chi connectivity index (χ0n) is 17.1. The van der Waals surface area contributed by atoms with Crippen LogP contribution in [0, 0.1) is 17.0 Å². The summed E-state index contributed by atoms with van der Waals surface area (Å²) in [5.41, 5.74) is 2.44. The van der Waals surface area contributed by atoms with Crippen LogP contribution in [0.5, 0.6) is 11.6 Å². The van der Waals surface area contributed by atoms with Gasteiger partial charge in [-0.2, -0.15) is 0 Å². The molecule has 1 amide bonds. The van der Waals surface area contributed by atoms with Gasteiger partial charge in [-0.25, -0.2) is 0 Å². The van der Waals surface area contributed by atoms with Crippen molar-refractivity contribution in [2.75, 3.05) is 6.61 Å². The van der Waals surface area contributed by atoms with Gasteiger partial charge in [-0.3, -0.25) is 14.9 Å². The molecule has 9 heteroatoms. The highest BCUT2D eigenvalue weighted by atomic mass is 16.6. The van der Waals surface area contributed by atoms with Gasteiger partial charge in [-0.1, -0.05) is 26.0 Å². The lowest BCUT2D eigenvalue weighted by atomic mass is 10.0. The molecule has 156 valence electrons. The van der Waals surface area contributed by atoms with Crippen LogP contribution in [0.2, 0.25) is 0 Å². The van der Waals surface area contributed by atoms with E-state index in [1.165, 1.54) is 28.3 Å². The smallest absolute Gasteiger partial charge is 0.302 e. The molecule has 9 nitrogen and oxygen atoms in total. The summed E-state index contributed by atoms with van der Waals surface area (Å²) in [5, 5.41) is 29.1. The number of fused-ring (bicyclic) bond motifs is 1. The zero-order valence-corrected chi connectivity index (χ0v) is 17.1. The largest absolute Gasteiger partial charge is 0.493 e. The molecule has 0 spiro atoms. The number of carbonyl (C=O) groups excluding carboxylic acids is 1. The van der Waals surface area contributed by atoms with Gasteiger partial charge in [0, 0.05) is 24.6 Å². The van der Waals surface area contributed by atoms with E-state index in [0.29, 0.717) is 22.6 Å². The fourth-order valence-corrected chi connectivity index (χ4v) is 3.08. The van der Waals surface area contributed by atoms with E-state index in [9.17, 15) is 20.0 Å². The van der Waals surface area contributed by atoms with Gasteiger partial charge in [0.2, 0.25) is 5.88 Å². The summed E-state index contributed by atoms with van der Waals surface area (Å²) >= 11 is 0. The number of carbonyl (C=O) groups is 1. The van der Waals surface area contributed by atoms with Crippen LogP contribution in [0.25, 0.3) is 10.9 Å². The number of amides is 1. The Morgan fingerprint density at radius 3 is 2.63 bits per heavy atom. The molecule has 2 aromatic carbocycles. The standard InChI is InChI=1S/C21H22N4O5/c1-12(2)14-5-8-18(13(3)9-14)30-11-19(26)22-23-20-16-10-15(25(28)29)6-7-17(16)24(4)21(20)27/h5-10,12,27H,11H2,1-4H3. The van der Waals surface area contributed by atoms with Gasteiger partial charge in [0.25, 0.3) is 5.69 Å². The van der Waals surface area contributed by atoms with Crippen LogP contribution in [0.1, 0.15) is 30.9 Å². The Morgan fingerprint density at radius 1 is 1.27 bits per heavy atom. The number of non-ortho nitro benzene ring substituents is 1. The van der Waals surface area contributed by atoms with E-state index in [4.69, 9.17) is 4.74 Å². The summed E-state index contributed by atoms with van der Waals surface area (Å²) in [7, 11) is 1.58. The summed E-state index contributed by atoms with van der Waals surface area (Å²) in [5.74, 6) is 0.0659. The number of aromatic hydroxyl groups is 1. The van der Waals surface area contributed by atoms with Crippen LogP contribution < -0.4 is 4.74 Å². The van der Waals surface area contributed by atoms with Crippen molar-refractivity contribution in [1.82, 2.24) is 4.57 Å². The van der Waals surface area contributed by atoms with Crippen LogP contribution in [0.3, 0.4) is 0 Å². The third-order valence-electron chi connectivity index (χ3n) is 4.82. The van der Waals surface area contributed by atoms with Crippen LogP contribution in [-0.4, -0.2) is 27.1 Å². The predicted octanol–water partition coefficient (Wildman–Crippen LogP) is 4.91. The quantitative estimate of drug-likeness (QED) is 0.352. The second-order valence-corrected chi connectivity index (χ2v) is 7.25. The number of nitrogens with zero attached hydrogens (tertiary/aromatic N) is 4. The molecule has 1 N–H and O–H groups in total. The lowest BCUT2D eigenvalue weighted by Crippen LogP contribution is -2.08. The number of benzene rings is 2. The minimum Gasteiger partial charge on any atom is -0.493 e. The Bertz CT molecular complexity index is 1160. The first kappa shape index (κ1) is 21.0. The number of aryl methyl sites for hydroxylation is 2. The fourth-order valence-electron chi connectivity index (χ4n) is 3.08. The Balaban J connectivity index is 1.78. The van der Waals surface area contributed by atoms with Gasteiger partial charge < -0.3 is 14.4 Å². The third kappa shape index (κ3) is 4.14. The highest BCUT2D eigenvalue weighted by Crippen LogP contribution is 2.39. The van der Waals surface area contributed by atoms with E-state index in [2.05, 4.69) is 24.1 Å². The molecule has 30 heavy (non-hydrogen) atoms. The van der Waals surface area contributed by atoms with Crippen LogP contribution in [0.4, 0.5) is 11.4 Å². The van der Waals surface area contributed by atoms with Crippen molar-refractivity contribution < 1.29 is 19.6 Å². The lowest BCUT2D eigenvalue weighted by Gasteiger charge is -2.11. The molecule has 1 aromatic heterocycles. The minimum atomic E-state index is -0.649. The number of nitro groups is 1. The summed E-state index contributed by atoms with van der Waals surface area (Å²) in [6.07, 6.45) is 0. The Hall–Kier alpha value is -3.75. The number of rotatable bonds is 6. The SMILES string of the molecule is Cc1cc(C(C)C)ccc1OCC(=O)N=Nc1c(O)n(C)c2ccc([N+](=O)[O-])cc12. The predicted molar refractivity (Wildman–Crippen MR) is 112 cm³/mol. The normalized spacial score (nSPS) is 11.5. The number of nitro benzene ring substituents is 1. The van der Waals surface area contributed by atoms with Gasteiger partial charge >= 0.3 is 5.91 Å². The molecule has 0 saturated heterocycles. The third-order valence-corrected chi connectivity index (χ3v) is 4.82. The molecule has 3 rings (SSSR count). The van der Waals surface area contributed by atoms with E-state index in [1.807, 2.05) is 25.1 Å². The van der Waals surface area contributed by atoms with Gasteiger partial charge in [-0.15, -0.1) is 10.2 Å². The van der Waals surface area contributed by atoms with Crippen molar-refractivity contribution in [3.8, 4) is 11.6 Å². The molecule has 0 radical (unpaired) electrons. The second-order valence-electron chi connectivity index (χ2n) is 7.25. The first-order chi connectivity index (χ1) is 14.2. The highest BCUT2D eigenvalue weighted by Gasteiger charge is 2.18. The van der Waals surface area contributed by atoms with Crippen molar-refractivity contribution in [2.24, 2.45) is 17.3 Å². The molecule has 1 heterocycles. The van der Waals surface area contributed by atoms with Gasteiger partial charge in [-0.05, 0) is 36.1 Å². The van der Waals surface area contributed by atoms with E-state index >= 15 is 0 Å². The van der Waals surface area contributed by atoms with Crippen molar-refractivity contribution in [3.05, 3.63) is 57.6 Å². The van der Waals surface area contributed by atoms with Crippen LogP contribution in [-0.2, 0) is 11.8 Å². The van der Waals surface area contributed by atoms with E-state index < -0.39 is 10.8 Å². The Kier molecular flexibility index (Phi) is 5.81. The molecule has 0 unspecified atom stereocenters. The topological polar surface area (TPSA) is 119 Å². The second kappa shape index (κ2) is 8.32. The molecule has 0 bridgehead atoms. The minimum absolute atomic E-state index is 0.0120. The van der Waals surface area contributed by atoms with Crippen molar-refractivity contribution in [3.63, 3.8) is 0 Å².